The number of aromatic nitrogens is 3. The maximum Gasteiger partial charge on any atom is 0.387 e. The SMILES string of the molecule is C=Nc1cn(-c2ccc3nn(C)cc3c2)c(=O)c(-c2ccc(OC(F)F)cc2)c1/N=C(\C)OCC. The van der Waals surface area contributed by atoms with Crippen molar-refractivity contribution < 1.29 is 18.3 Å². The molecule has 35 heavy (non-hydrogen) atoms. The van der Waals surface area contributed by atoms with Gasteiger partial charge < -0.3 is 9.47 Å². The molecule has 0 aliphatic heterocycles. The molecule has 2 aromatic carbocycles. The monoisotopic (exact) mass is 479 g/mol. The molecule has 0 aliphatic carbocycles. The van der Waals surface area contributed by atoms with E-state index in [0.29, 0.717) is 29.4 Å². The van der Waals surface area contributed by atoms with Crippen molar-refractivity contribution in [3.8, 4) is 22.6 Å². The minimum absolute atomic E-state index is 0.0281. The fourth-order valence-electron chi connectivity index (χ4n) is 3.76. The zero-order valence-corrected chi connectivity index (χ0v) is 19.4. The number of aliphatic imine (C=N–C) groups is 2. The Hall–Kier alpha value is -4.34. The van der Waals surface area contributed by atoms with E-state index in [9.17, 15) is 13.6 Å². The van der Waals surface area contributed by atoms with Gasteiger partial charge in [-0.2, -0.15) is 13.9 Å². The smallest absolute Gasteiger partial charge is 0.387 e. The summed E-state index contributed by atoms with van der Waals surface area (Å²) in [5.41, 5.74) is 2.26. The third kappa shape index (κ3) is 4.96. The highest BCUT2D eigenvalue weighted by Gasteiger charge is 2.19. The van der Waals surface area contributed by atoms with Crippen LogP contribution >= 0.6 is 0 Å². The van der Waals surface area contributed by atoms with E-state index >= 15 is 0 Å². The summed E-state index contributed by atoms with van der Waals surface area (Å²) < 4.78 is 38.3. The average molecular weight is 479 g/mol. The van der Waals surface area contributed by atoms with Crippen LogP contribution in [0.3, 0.4) is 0 Å². The molecule has 4 aromatic rings. The number of hydrogen-bond acceptors (Lipinski definition) is 6. The van der Waals surface area contributed by atoms with Gasteiger partial charge in [-0.3, -0.25) is 19.0 Å². The first kappa shape index (κ1) is 23.8. The van der Waals surface area contributed by atoms with E-state index in [4.69, 9.17) is 4.74 Å². The number of halogens is 2. The van der Waals surface area contributed by atoms with Crippen LogP contribution in [0.2, 0.25) is 0 Å². The van der Waals surface area contributed by atoms with E-state index in [1.54, 1.807) is 23.9 Å². The standard InChI is InChI=1S/C25H23F2N5O3/c1-5-34-15(2)29-23-21(28-3)14-32(18-8-11-20-17(12-18)13-31(4)30-20)24(33)22(23)16-6-9-19(10-7-16)35-25(26)27/h6-14,25H,3,5H2,1-2,4H3/b29-15+. The molecule has 0 amide bonds. The van der Waals surface area contributed by atoms with Gasteiger partial charge in [0, 0.05) is 37.4 Å². The van der Waals surface area contributed by atoms with Gasteiger partial charge >= 0.3 is 6.61 Å². The molecule has 2 heterocycles. The topological polar surface area (TPSA) is 83.0 Å². The number of pyridine rings is 1. The molecule has 0 bridgehead atoms. The first-order chi connectivity index (χ1) is 16.8. The summed E-state index contributed by atoms with van der Waals surface area (Å²) >= 11 is 0. The van der Waals surface area contributed by atoms with Gasteiger partial charge in [0.1, 0.15) is 17.1 Å². The van der Waals surface area contributed by atoms with E-state index < -0.39 is 6.61 Å². The minimum atomic E-state index is -2.96. The summed E-state index contributed by atoms with van der Waals surface area (Å²) in [6.45, 7) is 4.58. The Morgan fingerprint density at radius 2 is 1.91 bits per heavy atom. The van der Waals surface area contributed by atoms with Gasteiger partial charge in [0.05, 0.1) is 17.7 Å². The minimum Gasteiger partial charge on any atom is -0.481 e. The Morgan fingerprint density at radius 1 is 1.17 bits per heavy atom. The van der Waals surface area contributed by atoms with Gasteiger partial charge in [0.15, 0.2) is 5.90 Å². The summed E-state index contributed by atoms with van der Waals surface area (Å²) in [5, 5.41) is 5.22. The molecule has 180 valence electrons. The van der Waals surface area contributed by atoms with Crippen molar-refractivity contribution in [2.45, 2.75) is 20.5 Å². The normalized spacial score (nSPS) is 11.8. The molecule has 0 saturated heterocycles. The second kappa shape index (κ2) is 9.88. The summed E-state index contributed by atoms with van der Waals surface area (Å²) in [6, 6.07) is 11.2. The van der Waals surface area contributed by atoms with Gasteiger partial charge in [0.25, 0.3) is 5.56 Å². The van der Waals surface area contributed by atoms with Crippen LogP contribution in [0.4, 0.5) is 20.2 Å². The van der Waals surface area contributed by atoms with Crippen molar-refractivity contribution in [1.82, 2.24) is 14.3 Å². The van der Waals surface area contributed by atoms with Gasteiger partial charge in [0.2, 0.25) is 0 Å². The molecule has 2 aromatic heterocycles. The van der Waals surface area contributed by atoms with Crippen molar-refractivity contribution in [2.75, 3.05) is 6.61 Å². The van der Waals surface area contributed by atoms with Crippen molar-refractivity contribution in [3.05, 3.63) is 65.2 Å². The predicted molar refractivity (Wildman–Crippen MR) is 132 cm³/mol. The number of benzene rings is 2. The number of fused-ring (bicyclic) bond motifs is 1. The van der Waals surface area contributed by atoms with Crippen LogP contribution in [0.15, 0.2) is 69.6 Å². The number of hydrogen-bond donors (Lipinski definition) is 0. The number of alkyl halides is 2. The Kier molecular flexibility index (Phi) is 6.72. The van der Waals surface area contributed by atoms with E-state index in [0.717, 1.165) is 10.9 Å². The fourth-order valence-corrected chi connectivity index (χ4v) is 3.76. The number of aryl methyl sites for hydroxylation is 1. The molecule has 0 aliphatic rings. The molecule has 10 heteroatoms. The predicted octanol–water partition coefficient (Wildman–Crippen LogP) is 5.41. The number of ether oxygens (including phenoxy) is 2. The molecule has 0 unspecified atom stereocenters. The van der Waals surface area contributed by atoms with Crippen LogP contribution in [0.25, 0.3) is 27.7 Å². The average Bonchev–Trinajstić information content (AvgIpc) is 3.19. The Morgan fingerprint density at radius 3 is 2.57 bits per heavy atom. The van der Waals surface area contributed by atoms with E-state index in [-0.39, 0.29) is 22.6 Å². The molecule has 0 N–H and O–H groups in total. The summed E-state index contributed by atoms with van der Waals surface area (Å²) in [4.78, 5) is 22.4. The van der Waals surface area contributed by atoms with Gasteiger partial charge in [-0.05, 0) is 49.5 Å². The summed E-state index contributed by atoms with van der Waals surface area (Å²) in [7, 11) is 1.82. The Balaban J connectivity index is 1.97. The molecule has 0 spiro atoms. The molecule has 8 nitrogen and oxygen atoms in total. The second-order valence-electron chi connectivity index (χ2n) is 7.58. The molecule has 0 saturated carbocycles. The fraction of sp³-hybridized carbons (Fsp3) is 0.200. The van der Waals surface area contributed by atoms with Crippen molar-refractivity contribution in [3.63, 3.8) is 0 Å². The van der Waals surface area contributed by atoms with Gasteiger partial charge in [-0.1, -0.05) is 12.1 Å². The highest BCUT2D eigenvalue weighted by atomic mass is 19.3. The highest BCUT2D eigenvalue weighted by Crippen LogP contribution is 2.37. The van der Waals surface area contributed by atoms with Crippen molar-refractivity contribution in [2.24, 2.45) is 17.0 Å². The molecule has 0 fully saturated rings. The quantitative estimate of drug-likeness (QED) is 0.262. The lowest BCUT2D eigenvalue weighted by atomic mass is 10.0. The van der Waals surface area contributed by atoms with E-state index in [2.05, 4.69) is 26.5 Å². The summed E-state index contributed by atoms with van der Waals surface area (Å²) in [6.07, 6.45) is 3.41. The first-order valence-corrected chi connectivity index (χ1v) is 10.7. The zero-order chi connectivity index (χ0) is 25.1. The lowest BCUT2D eigenvalue weighted by Crippen LogP contribution is -2.20. The highest BCUT2D eigenvalue weighted by molar-refractivity contribution is 5.89. The second-order valence-corrected chi connectivity index (χ2v) is 7.58. The Labute approximate surface area is 199 Å². The largest absolute Gasteiger partial charge is 0.481 e. The number of rotatable bonds is 7. The van der Waals surface area contributed by atoms with E-state index in [1.165, 1.54) is 28.8 Å². The number of nitrogens with zero attached hydrogens (tertiary/aromatic N) is 5. The zero-order valence-electron chi connectivity index (χ0n) is 19.4. The van der Waals surface area contributed by atoms with Crippen LogP contribution in [-0.2, 0) is 11.8 Å². The molecule has 4 rings (SSSR count). The van der Waals surface area contributed by atoms with Crippen molar-refractivity contribution in [1.29, 1.82) is 0 Å². The maximum absolute atomic E-state index is 13.8. The lowest BCUT2D eigenvalue weighted by Gasteiger charge is -2.15. The molecular weight excluding hydrogens is 456 g/mol. The van der Waals surface area contributed by atoms with Crippen LogP contribution in [-0.4, -0.2) is 40.2 Å². The molecule has 0 radical (unpaired) electrons. The first-order valence-electron chi connectivity index (χ1n) is 10.7. The maximum atomic E-state index is 13.8. The van der Waals surface area contributed by atoms with Crippen LogP contribution in [0.5, 0.6) is 5.75 Å². The van der Waals surface area contributed by atoms with E-state index in [1.807, 2.05) is 32.3 Å². The van der Waals surface area contributed by atoms with Gasteiger partial charge in [-0.15, -0.1) is 0 Å². The molecular formula is C25H23F2N5O3. The third-order valence-electron chi connectivity index (χ3n) is 5.21. The lowest BCUT2D eigenvalue weighted by molar-refractivity contribution is -0.0498. The van der Waals surface area contributed by atoms with Crippen LogP contribution in [0.1, 0.15) is 13.8 Å². The van der Waals surface area contributed by atoms with Crippen LogP contribution in [0, 0.1) is 0 Å². The van der Waals surface area contributed by atoms with Gasteiger partial charge in [-0.25, -0.2) is 4.99 Å². The Bertz CT molecular complexity index is 1470. The van der Waals surface area contributed by atoms with Crippen molar-refractivity contribution >= 4 is 34.9 Å². The van der Waals surface area contributed by atoms with Crippen LogP contribution < -0.4 is 10.3 Å². The summed E-state index contributed by atoms with van der Waals surface area (Å²) in [5.74, 6) is 0.310. The third-order valence-corrected chi connectivity index (χ3v) is 5.21. The molecule has 0 atom stereocenters.